The summed E-state index contributed by atoms with van der Waals surface area (Å²) in [4.78, 5) is 29.5. The molecule has 3 heterocycles. The molecule has 0 aliphatic heterocycles. The summed E-state index contributed by atoms with van der Waals surface area (Å²) in [5, 5.41) is 24.0. The van der Waals surface area contributed by atoms with Crippen molar-refractivity contribution < 1.29 is 9.23 Å². The van der Waals surface area contributed by atoms with Crippen molar-refractivity contribution in [3.63, 3.8) is 0 Å². The van der Waals surface area contributed by atoms with Gasteiger partial charge in [-0.05, 0) is 78.5 Å². The highest BCUT2D eigenvalue weighted by Crippen LogP contribution is 2.36. The van der Waals surface area contributed by atoms with Crippen molar-refractivity contribution in [2.24, 2.45) is 18.1 Å². The summed E-state index contributed by atoms with van der Waals surface area (Å²) in [5.41, 5.74) is 3.31. The lowest BCUT2D eigenvalue weighted by Gasteiger charge is -2.37. The van der Waals surface area contributed by atoms with E-state index in [0.717, 1.165) is 37.0 Å². The molecular formula is C30H34FN7O2. The second-order valence-electron chi connectivity index (χ2n) is 11.4. The van der Waals surface area contributed by atoms with Gasteiger partial charge in [0.05, 0.1) is 16.9 Å². The lowest BCUT2D eigenvalue weighted by Crippen LogP contribution is -2.39. The third-order valence-electron chi connectivity index (χ3n) is 7.46. The van der Waals surface area contributed by atoms with E-state index < -0.39 is 17.1 Å². The molecule has 1 saturated carbocycles. The van der Waals surface area contributed by atoms with Crippen molar-refractivity contribution in [2.75, 3.05) is 11.9 Å². The zero-order valence-corrected chi connectivity index (χ0v) is 24.0. The number of pyridine rings is 3. The molecule has 3 aromatic heterocycles. The van der Waals surface area contributed by atoms with Crippen LogP contribution in [0.1, 0.15) is 74.5 Å². The van der Waals surface area contributed by atoms with Crippen LogP contribution in [0.5, 0.6) is 0 Å². The van der Waals surface area contributed by atoms with Crippen LogP contribution in [0.2, 0.25) is 0 Å². The molecule has 0 amide bonds. The zero-order chi connectivity index (χ0) is 29.4. The molecular weight excluding hydrogens is 509 g/mol. The Morgan fingerprint density at radius 1 is 1.15 bits per heavy atom. The average molecular weight is 544 g/mol. The summed E-state index contributed by atoms with van der Waals surface area (Å²) in [5.74, 6) is -0.443. The van der Waals surface area contributed by atoms with Gasteiger partial charge in [-0.3, -0.25) is 4.79 Å². The maximum Gasteiger partial charge on any atom is 0.270 e. The topological polar surface area (TPSA) is 120 Å². The van der Waals surface area contributed by atoms with Gasteiger partial charge in [0, 0.05) is 42.9 Å². The molecule has 9 nitrogen and oxygen atoms in total. The number of nitriles is 2. The molecule has 0 N–H and O–H groups in total. The Bertz CT molecular complexity index is 1630. The first-order valence-electron chi connectivity index (χ1n) is 13.3. The molecule has 0 atom stereocenters. The molecule has 0 bridgehead atoms. The Balaban J connectivity index is 1.69. The predicted octanol–water partition coefficient (Wildman–Crippen LogP) is 5.04. The van der Waals surface area contributed by atoms with Crippen LogP contribution in [0.15, 0.2) is 28.1 Å². The van der Waals surface area contributed by atoms with Gasteiger partial charge >= 0.3 is 0 Å². The van der Waals surface area contributed by atoms with Gasteiger partial charge in [0.2, 0.25) is 5.95 Å². The number of rotatable bonds is 5. The van der Waals surface area contributed by atoms with Crippen LogP contribution in [-0.4, -0.2) is 38.9 Å². The Hall–Kier alpha value is -4.31. The minimum absolute atomic E-state index is 0.00604. The number of anilines is 1. The highest BCUT2D eigenvalue weighted by atomic mass is 19.1. The molecule has 0 aromatic carbocycles. The van der Waals surface area contributed by atoms with Crippen molar-refractivity contribution in [2.45, 2.75) is 71.9 Å². The molecule has 0 unspecified atom stereocenters. The number of aromatic nitrogens is 3. The van der Waals surface area contributed by atoms with Gasteiger partial charge < -0.3 is 14.3 Å². The van der Waals surface area contributed by atoms with E-state index in [9.17, 15) is 19.7 Å². The summed E-state index contributed by atoms with van der Waals surface area (Å²) in [6.07, 6.45) is 3.03. The number of hydrogen-bond donors (Lipinski definition) is 0. The van der Waals surface area contributed by atoms with Crippen LogP contribution in [0.3, 0.4) is 0 Å². The fourth-order valence-electron chi connectivity index (χ4n) is 5.28. The number of hydrogen-bond acceptors (Lipinski definition) is 8. The lowest BCUT2D eigenvalue weighted by atomic mass is 9.80. The molecule has 40 heavy (non-hydrogen) atoms. The van der Waals surface area contributed by atoms with Crippen LogP contribution in [0, 0.1) is 48.4 Å². The SMILES string of the molecule is Cc1cc(/C(=N\OC(C)(C)C)C2CCC(N(C)c3c(C#N)c(=O)n(C)c4ccc(C#N)nc34)CC2)c(C)nc1F. The summed E-state index contributed by atoms with van der Waals surface area (Å²) < 4.78 is 15.6. The van der Waals surface area contributed by atoms with Crippen molar-refractivity contribution in [1.82, 2.24) is 14.5 Å². The molecule has 0 radical (unpaired) electrons. The van der Waals surface area contributed by atoms with Crippen LogP contribution in [-0.2, 0) is 11.9 Å². The van der Waals surface area contributed by atoms with Crippen LogP contribution in [0.25, 0.3) is 11.0 Å². The van der Waals surface area contributed by atoms with Crippen molar-refractivity contribution in [1.29, 1.82) is 10.5 Å². The van der Waals surface area contributed by atoms with Gasteiger partial charge in [0.1, 0.15) is 34.5 Å². The van der Waals surface area contributed by atoms with Crippen molar-refractivity contribution in [3.8, 4) is 12.1 Å². The Kier molecular flexibility index (Phi) is 7.93. The monoisotopic (exact) mass is 543 g/mol. The smallest absolute Gasteiger partial charge is 0.270 e. The Morgan fingerprint density at radius 2 is 1.82 bits per heavy atom. The van der Waals surface area contributed by atoms with E-state index in [-0.39, 0.29) is 23.2 Å². The summed E-state index contributed by atoms with van der Waals surface area (Å²) in [6, 6.07) is 9.19. The first kappa shape index (κ1) is 28.7. The van der Waals surface area contributed by atoms with E-state index in [4.69, 9.17) is 4.84 Å². The Labute approximate surface area is 233 Å². The fourth-order valence-corrected chi connectivity index (χ4v) is 5.28. The molecule has 208 valence electrons. The minimum Gasteiger partial charge on any atom is -0.390 e. The summed E-state index contributed by atoms with van der Waals surface area (Å²) in [6.45, 7) is 9.24. The van der Waals surface area contributed by atoms with Gasteiger partial charge in [-0.25, -0.2) is 9.97 Å². The Morgan fingerprint density at radius 3 is 2.42 bits per heavy atom. The largest absolute Gasteiger partial charge is 0.390 e. The van der Waals surface area contributed by atoms with Gasteiger partial charge in [0.15, 0.2) is 0 Å². The molecule has 1 fully saturated rings. The van der Waals surface area contributed by atoms with Crippen molar-refractivity contribution in [3.05, 3.63) is 62.6 Å². The maximum atomic E-state index is 14.2. The lowest BCUT2D eigenvalue weighted by molar-refractivity contribution is -0.0000448. The summed E-state index contributed by atoms with van der Waals surface area (Å²) >= 11 is 0. The van der Waals surface area contributed by atoms with Gasteiger partial charge in [-0.1, -0.05) is 5.16 Å². The molecule has 3 aromatic rings. The molecule has 10 heteroatoms. The number of nitrogens with zero attached hydrogens (tertiary/aromatic N) is 7. The van der Waals surface area contributed by atoms with E-state index in [1.165, 1.54) is 4.57 Å². The van der Waals surface area contributed by atoms with Gasteiger partial charge in [-0.2, -0.15) is 14.9 Å². The van der Waals surface area contributed by atoms with E-state index in [1.807, 2.05) is 32.7 Å². The highest BCUT2D eigenvalue weighted by Gasteiger charge is 2.32. The highest BCUT2D eigenvalue weighted by molar-refractivity contribution is 6.03. The molecule has 1 aliphatic carbocycles. The second-order valence-corrected chi connectivity index (χ2v) is 11.4. The third-order valence-corrected chi connectivity index (χ3v) is 7.46. The standard InChI is InChI=1S/C30H34FN7O2/c1-17-14-22(18(2)34-28(17)31)25(36-40-30(3,4)5)19-8-11-21(12-9-19)37(6)27-23(16-33)29(39)38(7)24-13-10-20(15-32)35-26(24)27/h10,13-14,19,21H,8-9,11-12H2,1-7H3/b36-25-. The zero-order valence-electron chi connectivity index (χ0n) is 24.0. The van der Waals surface area contributed by atoms with Crippen LogP contribution in [0.4, 0.5) is 10.1 Å². The third kappa shape index (κ3) is 5.53. The molecule has 0 saturated heterocycles. The first-order valence-corrected chi connectivity index (χ1v) is 13.3. The van der Waals surface area contributed by atoms with Crippen LogP contribution < -0.4 is 10.5 Å². The van der Waals surface area contributed by atoms with E-state index in [2.05, 4.69) is 27.3 Å². The predicted molar refractivity (Wildman–Crippen MR) is 152 cm³/mol. The van der Waals surface area contributed by atoms with E-state index in [1.54, 1.807) is 39.1 Å². The fraction of sp³-hybridized carbons (Fsp3) is 0.467. The minimum atomic E-state index is -0.497. The molecule has 1 aliphatic rings. The van der Waals surface area contributed by atoms with Crippen LogP contribution >= 0.6 is 0 Å². The number of aryl methyl sites for hydroxylation is 3. The number of fused-ring (bicyclic) bond motifs is 1. The quantitative estimate of drug-likeness (QED) is 0.251. The van der Waals surface area contributed by atoms with Crippen molar-refractivity contribution >= 4 is 22.4 Å². The normalized spacial score (nSPS) is 17.8. The summed E-state index contributed by atoms with van der Waals surface area (Å²) in [7, 11) is 3.47. The second kappa shape index (κ2) is 11.1. The van der Waals surface area contributed by atoms with E-state index >= 15 is 0 Å². The average Bonchev–Trinajstić information content (AvgIpc) is 2.92. The number of oxime groups is 1. The van der Waals surface area contributed by atoms with Gasteiger partial charge in [-0.15, -0.1) is 0 Å². The van der Waals surface area contributed by atoms with E-state index in [0.29, 0.717) is 28.0 Å². The first-order chi connectivity index (χ1) is 18.9. The number of halogens is 1. The maximum absolute atomic E-state index is 14.2. The molecule has 0 spiro atoms. The van der Waals surface area contributed by atoms with Gasteiger partial charge in [0.25, 0.3) is 5.56 Å². The molecule has 4 rings (SSSR count).